The van der Waals surface area contributed by atoms with Crippen LogP contribution in [0.15, 0.2) is 24.3 Å². The SMILES string of the molecule is COc1ccc([C@H]2[C@@H]3CN(C(=O)C4(N)CCC4)C[C@@H]3CN2C(=O)N(C)C)cc1. The molecule has 4 rings (SSSR count). The molecule has 1 saturated carbocycles. The Hall–Kier alpha value is -2.28. The smallest absolute Gasteiger partial charge is 0.320 e. The number of methoxy groups -OCH3 is 1. The summed E-state index contributed by atoms with van der Waals surface area (Å²) < 4.78 is 5.28. The standard InChI is InChI=1S/C21H30N4O3/c1-23(2)20(27)25-12-15-11-24(19(26)21(22)9-4-10-21)13-17(15)18(25)14-5-7-16(28-3)8-6-14/h5-8,15,17-18H,4,9-13,22H2,1-3H3/t15-,17-,18+/m1/s1. The quantitative estimate of drug-likeness (QED) is 0.857. The average Bonchev–Trinajstić information content (AvgIpc) is 3.22. The van der Waals surface area contributed by atoms with Gasteiger partial charge in [-0.25, -0.2) is 4.79 Å². The van der Waals surface area contributed by atoms with Crippen LogP contribution in [0.1, 0.15) is 30.9 Å². The summed E-state index contributed by atoms with van der Waals surface area (Å²) in [5.41, 5.74) is 6.72. The molecule has 3 aliphatic rings. The summed E-state index contributed by atoms with van der Waals surface area (Å²) in [6.07, 6.45) is 2.60. The van der Waals surface area contributed by atoms with Crippen molar-refractivity contribution in [1.29, 1.82) is 0 Å². The Labute approximate surface area is 166 Å². The van der Waals surface area contributed by atoms with Gasteiger partial charge in [-0.15, -0.1) is 0 Å². The van der Waals surface area contributed by atoms with Gasteiger partial charge in [-0.2, -0.15) is 0 Å². The Morgan fingerprint density at radius 1 is 1.14 bits per heavy atom. The number of rotatable bonds is 3. The van der Waals surface area contributed by atoms with Gasteiger partial charge in [0, 0.05) is 45.6 Å². The largest absolute Gasteiger partial charge is 0.497 e. The van der Waals surface area contributed by atoms with Crippen LogP contribution in [0.25, 0.3) is 0 Å². The van der Waals surface area contributed by atoms with Crippen LogP contribution in [0, 0.1) is 11.8 Å². The molecule has 28 heavy (non-hydrogen) atoms. The molecule has 3 amide bonds. The number of ether oxygens (including phenoxy) is 1. The molecule has 1 aromatic carbocycles. The second-order valence-corrected chi connectivity index (χ2v) is 8.69. The van der Waals surface area contributed by atoms with E-state index in [2.05, 4.69) is 0 Å². The molecule has 0 unspecified atom stereocenters. The molecule has 0 aromatic heterocycles. The fraction of sp³-hybridized carbons (Fsp3) is 0.619. The molecule has 0 radical (unpaired) electrons. The second-order valence-electron chi connectivity index (χ2n) is 8.69. The molecule has 7 heteroatoms. The maximum Gasteiger partial charge on any atom is 0.320 e. The predicted molar refractivity (Wildman–Crippen MR) is 106 cm³/mol. The Kier molecular flexibility index (Phi) is 4.73. The lowest BCUT2D eigenvalue weighted by Crippen LogP contribution is -2.59. The monoisotopic (exact) mass is 386 g/mol. The predicted octanol–water partition coefficient (Wildman–Crippen LogP) is 1.69. The number of carbonyl (C=O) groups is 2. The van der Waals surface area contributed by atoms with Crippen molar-refractivity contribution < 1.29 is 14.3 Å². The van der Waals surface area contributed by atoms with Crippen LogP contribution in [0.3, 0.4) is 0 Å². The Bertz CT molecular complexity index is 759. The van der Waals surface area contributed by atoms with E-state index in [0.29, 0.717) is 19.6 Å². The first-order valence-electron chi connectivity index (χ1n) is 10.0. The number of benzene rings is 1. The molecule has 0 spiro atoms. The van der Waals surface area contributed by atoms with E-state index in [1.54, 1.807) is 26.1 Å². The summed E-state index contributed by atoms with van der Waals surface area (Å²) in [7, 11) is 5.21. The number of amides is 3. The minimum atomic E-state index is -0.659. The van der Waals surface area contributed by atoms with Crippen LogP contribution in [0.4, 0.5) is 4.79 Å². The number of likely N-dealkylation sites (tertiary alicyclic amines) is 2. The van der Waals surface area contributed by atoms with Crippen LogP contribution in [-0.4, -0.2) is 73.0 Å². The van der Waals surface area contributed by atoms with Gasteiger partial charge in [0.05, 0.1) is 18.7 Å². The van der Waals surface area contributed by atoms with E-state index in [-0.39, 0.29) is 29.8 Å². The van der Waals surface area contributed by atoms with Gasteiger partial charge >= 0.3 is 6.03 Å². The van der Waals surface area contributed by atoms with E-state index < -0.39 is 5.54 Å². The van der Waals surface area contributed by atoms with Gasteiger partial charge < -0.3 is 25.2 Å². The summed E-state index contributed by atoms with van der Waals surface area (Å²) in [6, 6.07) is 7.90. The van der Waals surface area contributed by atoms with Crippen molar-refractivity contribution in [2.75, 3.05) is 40.8 Å². The first-order chi connectivity index (χ1) is 13.3. The van der Waals surface area contributed by atoms with Gasteiger partial charge in [0.25, 0.3) is 0 Å². The van der Waals surface area contributed by atoms with E-state index >= 15 is 0 Å². The molecular formula is C21H30N4O3. The highest BCUT2D eigenvalue weighted by Gasteiger charge is 2.53. The van der Waals surface area contributed by atoms with Crippen LogP contribution in [-0.2, 0) is 4.79 Å². The summed E-state index contributed by atoms with van der Waals surface area (Å²) in [6.45, 7) is 2.02. The molecule has 152 valence electrons. The third-order valence-electron chi connectivity index (χ3n) is 6.71. The summed E-state index contributed by atoms with van der Waals surface area (Å²) in [5, 5.41) is 0. The van der Waals surface area contributed by atoms with Crippen LogP contribution < -0.4 is 10.5 Å². The molecule has 2 N–H and O–H groups in total. The third kappa shape index (κ3) is 3.02. The lowest BCUT2D eigenvalue weighted by atomic mass is 9.76. The lowest BCUT2D eigenvalue weighted by Gasteiger charge is -2.40. The van der Waals surface area contributed by atoms with Crippen molar-refractivity contribution in [2.24, 2.45) is 17.6 Å². The lowest BCUT2D eigenvalue weighted by molar-refractivity contribution is -0.139. The number of urea groups is 1. The van der Waals surface area contributed by atoms with E-state index in [1.807, 2.05) is 34.1 Å². The fourth-order valence-corrected chi connectivity index (χ4v) is 4.98. The van der Waals surface area contributed by atoms with Crippen molar-refractivity contribution >= 4 is 11.9 Å². The zero-order valence-corrected chi connectivity index (χ0v) is 16.9. The van der Waals surface area contributed by atoms with Crippen molar-refractivity contribution in [1.82, 2.24) is 14.7 Å². The normalized spacial score (nSPS) is 27.9. The highest BCUT2D eigenvalue weighted by molar-refractivity contribution is 5.87. The van der Waals surface area contributed by atoms with E-state index in [9.17, 15) is 9.59 Å². The molecule has 0 bridgehead atoms. The maximum atomic E-state index is 12.9. The number of hydrogen-bond acceptors (Lipinski definition) is 4. The zero-order valence-electron chi connectivity index (χ0n) is 16.9. The second kappa shape index (κ2) is 6.95. The minimum Gasteiger partial charge on any atom is -0.497 e. The van der Waals surface area contributed by atoms with Crippen LogP contribution in [0.2, 0.25) is 0 Å². The molecule has 2 aliphatic heterocycles. The summed E-state index contributed by atoms with van der Waals surface area (Å²) in [5.74, 6) is 1.39. The number of fused-ring (bicyclic) bond motifs is 1. The highest BCUT2D eigenvalue weighted by atomic mass is 16.5. The molecule has 1 aliphatic carbocycles. The van der Waals surface area contributed by atoms with Crippen LogP contribution in [0.5, 0.6) is 5.75 Å². The molecule has 7 nitrogen and oxygen atoms in total. The molecular weight excluding hydrogens is 356 g/mol. The van der Waals surface area contributed by atoms with Crippen molar-refractivity contribution in [2.45, 2.75) is 30.8 Å². The van der Waals surface area contributed by atoms with Crippen molar-refractivity contribution in [3.05, 3.63) is 29.8 Å². The van der Waals surface area contributed by atoms with E-state index in [0.717, 1.165) is 30.6 Å². The third-order valence-corrected chi connectivity index (χ3v) is 6.71. The topological polar surface area (TPSA) is 79.1 Å². The molecule has 3 atom stereocenters. The van der Waals surface area contributed by atoms with Gasteiger partial charge in [-0.05, 0) is 37.0 Å². The Balaban J connectivity index is 1.59. The Morgan fingerprint density at radius 2 is 1.82 bits per heavy atom. The zero-order chi connectivity index (χ0) is 20.1. The number of carbonyl (C=O) groups excluding carboxylic acids is 2. The summed E-state index contributed by atoms with van der Waals surface area (Å²) >= 11 is 0. The Morgan fingerprint density at radius 3 is 2.36 bits per heavy atom. The van der Waals surface area contributed by atoms with Gasteiger partial charge in [0.15, 0.2) is 0 Å². The number of hydrogen-bond donors (Lipinski definition) is 1. The van der Waals surface area contributed by atoms with Crippen molar-refractivity contribution in [3.63, 3.8) is 0 Å². The average molecular weight is 386 g/mol. The molecule has 2 saturated heterocycles. The number of nitrogens with two attached hydrogens (primary N) is 1. The highest BCUT2D eigenvalue weighted by Crippen LogP contribution is 2.46. The minimum absolute atomic E-state index is 0.0161. The van der Waals surface area contributed by atoms with E-state index in [4.69, 9.17) is 10.5 Å². The number of nitrogens with zero attached hydrogens (tertiary/aromatic N) is 3. The van der Waals surface area contributed by atoms with Gasteiger partial charge in [0.1, 0.15) is 5.75 Å². The first-order valence-corrected chi connectivity index (χ1v) is 10.0. The molecule has 2 heterocycles. The van der Waals surface area contributed by atoms with Crippen molar-refractivity contribution in [3.8, 4) is 5.75 Å². The maximum absolute atomic E-state index is 12.9. The first kappa shape index (κ1) is 19.1. The van der Waals surface area contributed by atoms with E-state index in [1.165, 1.54) is 0 Å². The van der Waals surface area contributed by atoms with Gasteiger partial charge in [-0.3, -0.25) is 4.79 Å². The molecule has 3 fully saturated rings. The van der Waals surface area contributed by atoms with Gasteiger partial charge in [-0.1, -0.05) is 12.1 Å². The molecule has 1 aromatic rings. The fourth-order valence-electron chi connectivity index (χ4n) is 4.98. The summed E-state index contributed by atoms with van der Waals surface area (Å²) in [4.78, 5) is 31.3. The van der Waals surface area contributed by atoms with Crippen LogP contribution >= 0.6 is 0 Å². The van der Waals surface area contributed by atoms with Gasteiger partial charge in [0.2, 0.25) is 5.91 Å².